The molecule has 0 aliphatic carbocycles. The SMILES string of the molecule is OCCCC1NCCC2c3ccccc3NC12. The molecule has 3 nitrogen and oxygen atoms in total. The van der Waals surface area contributed by atoms with Gasteiger partial charge in [-0.3, -0.25) is 0 Å². The van der Waals surface area contributed by atoms with Crippen molar-refractivity contribution in [1.29, 1.82) is 0 Å². The average molecular weight is 232 g/mol. The fourth-order valence-electron chi connectivity index (χ4n) is 3.29. The molecule has 1 aromatic carbocycles. The monoisotopic (exact) mass is 232 g/mol. The molecule has 2 heterocycles. The van der Waals surface area contributed by atoms with Gasteiger partial charge in [-0.1, -0.05) is 18.2 Å². The molecule has 3 heteroatoms. The van der Waals surface area contributed by atoms with Gasteiger partial charge in [0.25, 0.3) is 0 Å². The second-order valence-electron chi connectivity index (χ2n) is 5.08. The summed E-state index contributed by atoms with van der Waals surface area (Å²) in [6, 6.07) is 9.66. The van der Waals surface area contributed by atoms with Crippen LogP contribution in [0.15, 0.2) is 24.3 Å². The minimum atomic E-state index is 0.294. The van der Waals surface area contributed by atoms with E-state index in [4.69, 9.17) is 5.11 Å². The molecule has 2 aliphatic heterocycles. The molecule has 0 aromatic heterocycles. The quantitative estimate of drug-likeness (QED) is 0.743. The first-order valence-corrected chi connectivity index (χ1v) is 6.60. The van der Waals surface area contributed by atoms with Crippen LogP contribution in [0.4, 0.5) is 5.69 Å². The zero-order valence-corrected chi connectivity index (χ0v) is 10.0. The van der Waals surface area contributed by atoms with Gasteiger partial charge in [-0.15, -0.1) is 0 Å². The number of hydrogen-bond donors (Lipinski definition) is 3. The molecule has 0 saturated carbocycles. The highest BCUT2D eigenvalue weighted by Crippen LogP contribution is 2.41. The molecule has 17 heavy (non-hydrogen) atoms. The molecule has 3 rings (SSSR count). The fourth-order valence-corrected chi connectivity index (χ4v) is 3.29. The van der Waals surface area contributed by atoms with Gasteiger partial charge in [0, 0.05) is 30.3 Å². The van der Waals surface area contributed by atoms with Gasteiger partial charge >= 0.3 is 0 Å². The highest BCUT2D eigenvalue weighted by Gasteiger charge is 2.38. The molecule has 3 unspecified atom stereocenters. The van der Waals surface area contributed by atoms with Crippen molar-refractivity contribution in [2.45, 2.75) is 37.3 Å². The molecular weight excluding hydrogens is 212 g/mol. The van der Waals surface area contributed by atoms with E-state index in [0.29, 0.717) is 24.6 Å². The predicted octanol–water partition coefficient (Wildman–Crippen LogP) is 1.70. The van der Waals surface area contributed by atoms with Gasteiger partial charge in [-0.25, -0.2) is 0 Å². The molecule has 0 spiro atoms. The topological polar surface area (TPSA) is 44.3 Å². The Bertz CT molecular complexity index is 394. The lowest BCUT2D eigenvalue weighted by Crippen LogP contribution is -2.50. The number of para-hydroxylation sites is 1. The largest absolute Gasteiger partial charge is 0.396 e. The van der Waals surface area contributed by atoms with Crippen molar-refractivity contribution in [2.24, 2.45) is 0 Å². The normalized spacial score (nSPS) is 30.5. The predicted molar refractivity (Wildman–Crippen MR) is 69.3 cm³/mol. The van der Waals surface area contributed by atoms with Crippen LogP contribution in [0.2, 0.25) is 0 Å². The Morgan fingerprint density at radius 1 is 1.29 bits per heavy atom. The van der Waals surface area contributed by atoms with Gasteiger partial charge in [0.2, 0.25) is 0 Å². The van der Waals surface area contributed by atoms with Gasteiger partial charge in [0.1, 0.15) is 0 Å². The number of piperidine rings is 1. The molecule has 3 N–H and O–H groups in total. The van der Waals surface area contributed by atoms with Gasteiger partial charge in [-0.05, 0) is 37.4 Å². The van der Waals surface area contributed by atoms with E-state index in [1.807, 2.05) is 0 Å². The van der Waals surface area contributed by atoms with E-state index in [2.05, 4.69) is 34.9 Å². The van der Waals surface area contributed by atoms with Crippen LogP contribution >= 0.6 is 0 Å². The third-order valence-electron chi connectivity index (χ3n) is 4.08. The summed E-state index contributed by atoms with van der Waals surface area (Å²) < 4.78 is 0. The highest BCUT2D eigenvalue weighted by atomic mass is 16.2. The van der Waals surface area contributed by atoms with Crippen molar-refractivity contribution in [3.8, 4) is 0 Å². The molecule has 3 atom stereocenters. The lowest BCUT2D eigenvalue weighted by atomic mass is 9.83. The Hall–Kier alpha value is -1.06. The Morgan fingerprint density at radius 3 is 3.06 bits per heavy atom. The van der Waals surface area contributed by atoms with Gasteiger partial charge in [0.05, 0.1) is 0 Å². The smallest absolute Gasteiger partial charge is 0.0484 e. The number of anilines is 1. The lowest BCUT2D eigenvalue weighted by molar-refractivity contribution is 0.256. The third kappa shape index (κ3) is 1.94. The maximum Gasteiger partial charge on any atom is 0.0484 e. The van der Waals surface area contributed by atoms with Crippen molar-refractivity contribution < 1.29 is 5.11 Å². The summed E-state index contributed by atoms with van der Waals surface area (Å²) in [7, 11) is 0. The van der Waals surface area contributed by atoms with Crippen molar-refractivity contribution in [2.75, 3.05) is 18.5 Å². The van der Waals surface area contributed by atoms with Crippen LogP contribution in [-0.4, -0.2) is 30.3 Å². The summed E-state index contributed by atoms with van der Waals surface area (Å²) in [5.74, 6) is 0.649. The molecule has 0 bridgehead atoms. The van der Waals surface area contributed by atoms with Gasteiger partial charge in [0.15, 0.2) is 0 Å². The number of benzene rings is 1. The summed E-state index contributed by atoms with van der Waals surface area (Å²) in [6.07, 6.45) is 3.15. The molecule has 0 radical (unpaired) electrons. The second-order valence-corrected chi connectivity index (χ2v) is 5.08. The Labute approximate surface area is 102 Å². The van der Waals surface area contributed by atoms with Crippen LogP contribution in [0.1, 0.15) is 30.7 Å². The number of nitrogens with one attached hydrogen (secondary N) is 2. The molecule has 92 valence electrons. The van der Waals surface area contributed by atoms with Crippen LogP contribution < -0.4 is 10.6 Å². The summed E-state index contributed by atoms with van der Waals surface area (Å²) in [4.78, 5) is 0. The van der Waals surface area contributed by atoms with Crippen molar-refractivity contribution in [3.63, 3.8) is 0 Å². The number of hydrogen-bond acceptors (Lipinski definition) is 3. The minimum Gasteiger partial charge on any atom is -0.396 e. The van der Waals surface area contributed by atoms with E-state index >= 15 is 0 Å². The van der Waals surface area contributed by atoms with Gasteiger partial charge in [-0.2, -0.15) is 0 Å². The molecule has 1 saturated heterocycles. The molecule has 0 amide bonds. The maximum atomic E-state index is 8.96. The first kappa shape index (κ1) is 11.1. The average Bonchev–Trinajstić information content (AvgIpc) is 2.75. The van der Waals surface area contributed by atoms with Crippen molar-refractivity contribution in [3.05, 3.63) is 29.8 Å². The third-order valence-corrected chi connectivity index (χ3v) is 4.08. The number of fused-ring (bicyclic) bond motifs is 3. The molecule has 1 fully saturated rings. The van der Waals surface area contributed by atoms with Crippen LogP contribution in [0.25, 0.3) is 0 Å². The van der Waals surface area contributed by atoms with E-state index in [1.165, 1.54) is 17.7 Å². The van der Waals surface area contributed by atoms with E-state index in [1.54, 1.807) is 0 Å². The zero-order valence-electron chi connectivity index (χ0n) is 10.0. The minimum absolute atomic E-state index is 0.294. The second kappa shape index (κ2) is 4.67. The van der Waals surface area contributed by atoms with Gasteiger partial charge < -0.3 is 15.7 Å². The Morgan fingerprint density at radius 2 is 2.18 bits per heavy atom. The summed E-state index contributed by atoms with van der Waals surface area (Å²) in [5, 5.41) is 16.2. The van der Waals surface area contributed by atoms with Crippen LogP contribution in [0.5, 0.6) is 0 Å². The molecule has 2 aliphatic rings. The summed E-state index contributed by atoms with van der Waals surface area (Å²) in [6.45, 7) is 1.38. The van der Waals surface area contributed by atoms with E-state index in [0.717, 1.165) is 19.4 Å². The standard InChI is InChI=1S/C14H20N2O/c17-9-3-6-13-14-11(7-8-15-13)10-4-1-2-5-12(10)16-14/h1-2,4-5,11,13-17H,3,6-9H2. The molecular formula is C14H20N2O. The maximum absolute atomic E-state index is 8.96. The molecule has 1 aromatic rings. The number of aliphatic hydroxyl groups excluding tert-OH is 1. The Balaban J connectivity index is 1.79. The highest BCUT2D eigenvalue weighted by molar-refractivity contribution is 5.60. The first-order valence-electron chi connectivity index (χ1n) is 6.60. The first-order chi connectivity index (χ1) is 8.40. The van der Waals surface area contributed by atoms with Crippen LogP contribution in [0.3, 0.4) is 0 Å². The lowest BCUT2D eigenvalue weighted by Gasteiger charge is -2.35. The summed E-state index contributed by atoms with van der Waals surface area (Å²) in [5.41, 5.74) is 2.79. The zero-order chi connectivity index (χ0) is 11.7. The van der Waals surface area contributed by atoms with Crippen molar-refractivity contribution >= 4 is 5.69 Å². The summed E-state index contributed by atoms with van der Waals surface area (Å²) >= 11 is 0. The Kier molecular flexibility index (Phi) is 3.04. The number of aliphatic hydroxyl groups is 1. The van der Waals surface area contributed by atoms with E-state index in [9.17, 15) is 0 Å². The van der Waals surface area contributed by atoms with Crippen LogP contribution in [0, 0.1) is 0 Å². The van der Waals surface area contributed by atoms with Crippen molar-refractivity contribution in [1.82, 2.24) is 5.32 Å². The van der Waals surface area contributed by atoms with Crippen LogP contribution in [-0.2, 0) is 0 Å². The van der Waals surface area contributed by atoms with E-state index in [-0.39, 0.29) is 0 Å². The van der Waals surface area contributed by atoms with E-state index < -0.39 is 0 Å². The number of rotatable bonds is 3. The fraction of sp³-hybridized carbons (Fsp3) is 0.571.